The summed E-state index contributed by atoms with van der Waals surface area (Å²) in [6.07, 6.45) is 4.46. The minimum atomic E-state index is 0.433. The number of aromatic nitrogens is 2. The molecule has 5 heteroatoms. The van der Waals surface area contributed by atoms with Gasteiger partial charge in [-0.2, -0.15) is 0 Å². The number of nitrogens with one attached hydrogen (secondary N) is 1. The fraction of sp³-hybridized carbons (Fsp3) is 0.167. The molecular formula is C12H13ClN4. The standard InChI is InChI=1S/C12H13ClN4/c13-11-4-3-10(14)12(17-11)16-7-5-9-2-1-6-15-8-9/h1-4,6,8H,5,7,14H2,(H,16,17). The molecule has 0 unspecified atom stereocenters. The van der Waals surface area contributed by atoms with Gasteiger partial charge in [0, 0.05) is 18.9 Å². The van der Waals surface area contributed by atoms with Crippen LogP contribution in [0.3, 0.4) is 0 Å². The van der Waals surface area contributed by atoms with Gasteiger partial charge in [0.25, 0.3) is 0 Å². The largest absolute Gasteiger partial charge is 0.396 e. The predicted octanol–water partition coefficient (Wildman–Crippen LogP) is 2.37. The van der Waals surface area contributed by atoms with Crippen LogP contribution in [0.4, 0.5) is 11.5 Å². The van der Waals surface area contributed by atoms with Crippen molar-refractivity contribution < 1.29 is 0 Å². The first-order valence-corrected chi connectivity index (χ1v) is 5.68. The van der Waals surface area contributed by atoms with E-state index in [1.165, 1.54) is 5.56 Å². The molecule has 0 aliphatic carbocycles. The molecule has 2 aromatic heterocycles. The van der Waals surface area contributed by atoms with Crippen LogP contribution >= 0.6 is 11.6 Å². The van der Waals surface area contributed by atoms with E-state index in [1.807, 2.05) is 18.3 Å². The number of nitrogens with two attached hydrogens (primary N) is 1. The molecule has 0 aliphatic rings. The quantitative estimate of drug-likeness (QED) is 0.816. The van der Waals surface area contributed by atoms with Gasteiger partial charge < -0.3 is 11.1 Å². The fourth-order valence-corrected chi connectivity index (χ4v) is 1.61. The van der Waals surface area contributed by atoms with Gasteiger partial charge in [0.05, 0.1) is 5.69 Å². The molecule has 4 nitrogen and oxygen atoms in total. The van der Waals surface area contributed by atoms with Gasteiger partial charge in [-0.05, 0) is 30.2 Å². The van der Waals surface area contributed by atoms with E-state index in [1.54, 1.807) is 18.3 Å². The molecule has 0 amide bonds. The van der Waals surface area contributed by atoms with Crippen molar-refractivity contribution in [3.8, 4) is 0 Å². The normalized spacial score (nSPS) is 10.2. The Labute approximate surface area is 105 Å². The second-order valence-corrected chi connectivity index (χ2v) is 4.00. The van der Waals surface area contributed by atoms with E-state index in [9.17, 15) is 0 Å². The Kier molecular flexibility index (Phi) is 3.77. The van der Waals surface area contributed by atoms with Crippen LogP contribution in [0, 0.1) is 0 Å². The van der Waals surface area contributed by atoms with Crippen LogP contribution in [-0.4, -0.2) is 16.5 Å². The van der Waals surface area contributed by atoms with Crippen LogP contribution in [0.2, 0.25) is 5.15 Å². The Balaban J connectivity index is 1.92. The Morgan fingerprint density at radius 3 is 2.94 bits per heavy atom. The van der Waals surface area contributed by atoms with Crippen molar-refractivity contribution in [2.45, 2.75) is 6.42 Å². The van der Waals surface area contributed by atoms with Crippen LogP contribution in [0.15, 0.2) is 36.7 Å². The van der Waals surface area contributed by atoms with Gasteiger partial charge in [0.1, 0.15) is 5.15 Å². The maximum absolute atomic E-state index is 5.80. The lowest BCUT2D eigenvalue weighted by Gasteiger charge is -2.08. The third-order valence-corrected chi connectivity index (χ3v) is 2.53. The lowest BCUT2D eigenvalue weighted by atomic mass is 10.2. The van der Waals surface area contributed by atoms with Gasteiger partial charge in [-0.3, -0.25) is 4.98 Å². The second-order valence-electron chi connectivity index (χ2n) is 3.61. The van der Waals surface area contributed by atoms with Gasteiger partial charge in [-0.25, -0.2) is 4.98 Å². The molecule has 0 radical (unpaired) electrons. The lowest BCUT2D eigenvalue weighted by molar-refractivity contribution is 0.995. The zero-order chi connectivity index (χ0) is 12.1. The Hall–Kier alpha value is -1.81. The van der Waals surface area contributed by atoms with E-state index in [-0.39, 0.29) is 0 Å². The van der Waals surface area contributed by atoms with Crippen molar-refractivity contribution in [1.29, 1.82) is 0 Å². The summed E-state index contributed by atoms with van der Waals surface area (Å²) in [5, 5.41) is 3.59. The summed E-state index contributed by atoms with van der Waals surface area (Å²) < 4.78 is 0. The molecule has 0 aliphatic heterocycles. The molecule has 0 fully saturated rings. The average Bonchev–Trinajstić information content (AvgIpc) is 2.35. The van der Waals surface area contributed by atoms with Crippen LogP contribution in [0.5, 0.6) is 0 Å². The van der Waals surface area contributed by atoms with Crippen LogP contribution in [0.1, 0.15) is 5.56 Å². The van der Waals surface area contributed by atoms with E-state index in [0.717, 1.165) is 13.0 Å². The molecule has 0 bridgehead atoms. The summed E-state index contributed by atoms with van der Waals surface area (Å²) in [4.78, 5) is 8.17. The van der Waals surface area contributed by atoms with Gasteiger partial charge in [-0.15, -0.1) is 0 Å². The van der Waals surface area contributed by atoms with Crippen LogP contribution < -0.4 is 11.1 Å². The number of pyridine rings is 2. The number of rotatable bonds is 4. The third kappa shape index (κ3) is 3.32. The van der Waals surface area contributed by atoms with Crippen molar-refractivity contribution in [2.24, 2.45) is 0 Å². The zero-order valence-corrected chi connectivity index (χ0v) is 9.98. The molecule has 2 rings (SSSR count). The molecule has 0 aromatic carbocycles. The van der Waals surface area contributed by atoms with Crippen LogP contribution in [-0.2, 0) is 6.42 Å². The SMILES string of the molecule is Nc1ccc(Cl)nc1NCCc1cccnc1. The molecule has 0 saturated carbocycles. The summed E-state index contributed by atoms with van der Waals surface area (Å²) >= 11 is 5.80. The summed E-state index contributed by atoms with van der Waals surface area (Å²) in [6.45, 7) is 0.739. The lowest BCUT2D eigenvalue weighted by Crippen LogP contribution is -2.08. The summed E-state index contributed by atoms with van der Waals surface area (Å²) in [5.74, 6) is 0.626. The highest BCUT2D eigenvalue weighted by molar-refractivity contribution is 6.29. The van der Waals surface area contributed by atoms with E-state index in [2.05, 4.69) is 15.3 Å². The maximum atomic E-state index is 5.80. The molecule has 17 heavy (non-hydrogen) atoms. The van der Waals surface area contributed by atoms with E-state index in [4.69, 9.17) is 17.3 Å². The van der Waals surface area contributed by atoms with Crippen molar-refractivity contribution in [2.75, 3.05) is 17.6 Å². The topological polar surface area (TPSA) is 63.8 Å². The highest BCUT2D eigenvalue weighted by atomic mass is 35.5. The summed E-state index contributed by atoms with van der Waals surface area (Å²) in [7, 11) is 0. The molecule has 0 atom stereocenters. The first-order chi connectivity index (χ1) is 8.25. The molecular weight excluding hydrogens is 236 g/mol. The molecule has 0 saturated heterocycles. The number of nitrogens with zero attached hydrogens (tertiary/aromatic N) is 2. The Morgan fingerprint density at radius 2 is 2.18 bits per heavy atom. The molecule has 0 spiro atoms. The molecule has 2 aromatic rings. The number of halogens is 1. The number of hydrogen-bond acceptors (Lipinski definition) is 4. The van der Waals surface area contributed by atoms with Gasteiger partial charge in [-0.1, -0.05) is 17.7 Å². The number of hydrogen-bond donors (Lipinski definition) is 2. The van der Waals surface area contributed by atoms with Crippen molar-refractivity contribution in [3.63, 3.8) is 0 Å². The minimum Gasteiger partial charge on any atom is -0.396 e. The van der Waals surface area contributed by atoms with E-state index >= 15 is 0 Å². The summed E-state index contributed by atoms with van der Waals surface area (Å²) in [6, 6.07) is 7.36. The zero-order valence-electron chi connectivity index (χ0n) is 9.23. The van der Waals surface area contributed by atoms with E-state index < -0.39 is 0 Å². The second kappa shape index (κ2) is 5.50. The van der Waals surface area contributed by atoms with Gasteiger partial charge in [0.2, 0.25) is 0 Å². The minimum absolute atomic E-state index is 0.433. The van der Waals surface area contributed by atoms with Crippen molar-refractivity contribution in [1.82, 2.24) is 9.97 Å². The van der Waals surface area contributed by atoms with Crippen molar-refractivity contribution in [3.05, 3.63) is 47.4 Å². The summed E-state index contributed by atoms with van der Waals surface area (Å²) in [5.41, 5.74) is 7.54. The highest BCUT2D eigenvalue weighted by Crippen LogP contribution is 2.18. The van der Waals surface area contributed by atoms with Gasteiger partial charge in [0.15, 0.2) is 5.82 Å². The number of anilines is 2. The third-order valence-electron chi connectivity index (χ3n) is 2.32. The Morgan fingerprint density at radius 1 is 1.29 bits per heavy atom. The maximum Gasteiger partial charge on any atom is 0.150 e. The van der Waals surface area contributed by atoms with Crippen molar-refractivity contribution >= 4 is 23.1 Å². The van der Waals surface area contributed by atoms with Gasteiger partial charge >= 0.3 is 0 Å². The fourth-order valence-electron chi connectivity index (χ4n) is 1.46. The number of nitrogen functional groups attached to an aromatic ring is 1. The first kappa shape index (κ1) is 11.7. The molecule has 2 heterocycles. The monoisotopic (exact) mass is 248 g/mol. The Bertz CT molecular complexity index is 487. The molecule has 88 valence electrons. The smallest absolute Gasteiger partial charge is 0.150 e. The van der Waals surface area contributed by atoms with Crippen LogP contribution in [0.25, 0.3) is 0 Å². The molecule has 3 N–H and O–H groups in total. The predicted molar refractivity (Wildman–Crippen MR) is 70.1 cm³/mol. The average molecular weight is 249 g/mol. The first-order valence-electron chi connectivity index (χ1n) is 5.30. The van der Waals surface area contributed by atoms with E-state index in [0.29, 0.717) is 16.7 Å². The highest BCUT2D eigenvalue weighted by Gasteiger charge is 2.01.